The highest BCUT2D eigenvalue weighted by Crippen LogP contribution is 2.25. The molecule has 0 amide bonds. The van der Waals surface area contributed by atoms with Crippen molar-refractivity contribution in [1.29, 1.82) is 0 Å². The minimum absolute atomic E-state index is 0.139. The van der Waals surface area contributed by atoms with Gasteiger partial charge in [-0.3, -0.25) is 0 Å². The van der Waals surface area contributed by atoms with Crippen LogP contribution in [-0.2, 0) is 0 Å². The highest BCUT2D eigenvalue weighted by molar-refractivity contribution is 7.99. The molecule has 1 nitrogen and oxygen atoms in total. The van der Waals surface area contributed by atoms with E-state index in [2.05, 4.69) is 24.4 Å². The molecule has 0 saturated heterocycles. The predicted molar refractivity (Wildman–Crippen MR) is 84.7 cm³/mol. The summed E-state index contributed by atoms with van der Waals surface area (Å²) in [5.74, 6) is 0.794. The van der Waals surface area contributed by atoms with E-state index in [9.17, 15) is 4.39 Å². The Morgan fingerprint density at radius 1 is 1.15 bits per heavy atom. The maximum absolute atomic E-state index is 13.4. The largest absolute Gasteiger partial charge is 0.309 e. The van der Waals surface area contributed by atoms with Crippen LogP contribution in [0.15, 0.2) is 53.4 Å². The van der Waals surface area contributed by atoms with Crippen LogP contribution in [0.3, 0.4) is 0 Å². The molecule has 0 heterocycles. The summed E-state index contributed by atoms with van der Waals surface area (Å²) in [5, 5.41) is 3.47. The lowest BCUT2D eigenvalue weighted by Gasteiger charge is -2.18. The van der Waals surface area contributed by atoms with Crippen LogP contribution in [0, 0.1) is 12.7 Å². The third-order valence-electron chi connectivity index (χ3n) is 3.19. The first-order valence-corrected chi connectivity index (χ1v) is 7.86. The molecular weight excluding hydrogens is 269 g/mol. The van der Waals surface area contributed by atoms with Crippen LogP contribution in [0.1, 0.15) is 24.1 Å². The molecule has 0 radical (unpaired) electrons. The number of hydrogen-bond acceptors (Lipinski definition) is 2. The van der Waals surface area contributed by atoms with Gasteiger partial charge in [0, 0.05) is 16.7 Å². The zero-order valence-corrected chi connectivity index (χ0v) is 12.7. The maximum Gasteiger partial charge on any atom is 0.126 e. The normalized spacial score (nSPS) is 12.3. The topological polar surface area (TPSA) is 12.0 Å². The first kappa shape index (κ1) is 15.1. The Balaban J connectivity index is 2.08. The van der Waals surface area contributed by atoms with Gasteiger partial charge in [0.15, 0.2) is 0 Å². The molecular formula is C17H20FNS. The van der Waals surface area contributed by atoms with E-state index in [0.29, 0.717) is 5.56 Å². The molecule has 1 unspecified atom stereocenters. The van der Waals surface area contributed by atoms with Gasteiger partial charge in [0.2, 0.25) is 0 Å². The third-order valence-corrected chi connectivity index (χ3v) is 4.30. The van der Waals surface area contributed by atoms with E-state index in [1.807, 2.05) is 49.0 Å². The molecule has 1 N–H and O–H groups in total. The number of rotatable bonds is 6. The molecule has 0 aromatic heterocycles. The summed E-state index contributed by atoms with van der Waals surface area (Å²) < 4.78 is 13.4. The number of hydrogen-bond donors (Lipinski definition) is 1. The molecule has 0 saturated carbocycles. The second-order valence-electron chi connectivity index (χ2n) is 4.74. The van der Waals surface area contributed by atoms with Gasteiger partial charge < -0.3 is 5.32 Å². The van der Waals surface area contributed by atoms with Gasteiger partial charge in [-0.15, -0.1) is 11.8 Å². The highest BCUT2D eigenvalue weighted by Gasteiger charge is 2.12. The average Bonchev–Trinajstić information content (AvgIpc) is 2.47. The van der Waals surface area contributed by atoms with Gasteiger partial charge in [0.05, 0.1) is 0 Å². The zero-order chi connectivity index (χ0) is 14.4. The number of aryl methyl sites for hydroxylation is 1. The van der Waals surface area contributed by atoms with Crippen molar-refractivity contribution >= 4 is 11.8 Å². The van der Waals surface area contributed by atoms with Crippen molar-refractivity contribution in [3.05, 3.63) is 65.5 Å². The summed E-state index contributed by atoms with van der Waals surface area (Å²) in [5.41, 5.74) is 1.85. The molecule has 2 aromatic rings. The van der Waals surface area contributed by atoms with Crippen molar-refractivity contribution in [1.82, 2.24) is 5.32 Å². The fourth-order valence-electron chi connectivity index (χ4n) is 2.10. The highest BCUT2D eigenvalue weighted by atomic mass is 32.2. The molecule has 0 aliphatic carbocycles. The Morgan fingerprint density at radius 2 is 1.90 bits per heavy atom. The minimum atomic E-state index is -0.139. The van der Waals surface area contributed by atoms with Crippen molar-refractivity contribution in [3.8, 4) is 0 Å². The number of thioether (sulfide) groups is 1. The van der Waals surface area contributed by atoms with Crippen LogP contribution in [-0.4, -0.2) is 12.3 Å². The number of nitrogens with one attached hydrogen (secondary N) is 1. The van der Waals surface area contributed by atoms with Gasteiger partial charge in [-0.1, -0.05) is 37.3 Å². The van der Waals surface area contributed by atoms with Crippen molar-refractivity contribution in [3.63, 3.8) is 0 Å². The lowest BCUT2D eigenvalue weighted by molar-refractivity contribution is 0.594. The Labute approximate surface area is 124 Å². The summed E-state index contributed by atoms with van der Waals surface area (Å²) >= 11 is 1.82. The second kappa shape index (κ2) is 7.46. The van der Waals surface area contributed by atoms with Gasteiger partial charge >= 0.3 is 0 Å². The molecule has 1 atom stereocenters. The number of benzene rings is 2. The molecule has 106 valence electrons. The molecule has 0 bridgehead atoms. The predicted octanol–water partition coefficient (Wildman–Crippen LogP) is 4.58. The molecule has 0 spiro atoms. The Hall–Kier alpha value is -1.32. The first-order chi connectivity index (χ1) is 9.70. The van der Waals surface area contributed by atoms with Crippen LogP contribution in [0.2, 0.25) is 0 Å². The lowest BCUT2D eigenvalue weighted by Crippen LogP contribution is -2.23. The summed E-state index contributed by atoms with van der Waals surface area (Å²) in [6.45, 7) is 4.80. The van der Waals surface area contributed by atoms with Crippen molar-refractivity contribution in [2.24, 2.45) is 0 Å². The Bertz CT molecular complexity index is 542. The fourth-order valence-corrected chi connectivity index (χ4v) is 3.12. The quantitative estimate of drug-likeness (QED) is 0.781. The van der Waals surface area contributed by atoms with E-state index in [-0.39, 0.29) is 11.9 Å². The van der Waals surface area contributed by atoms with E-state index in [4.69, 9.17) is 0 Å². The van der Waals surface area contributed by atoms with E-state index in [0.717, 1.165) is 17.9 Å². The van der Waals surface area contributed by atoms with Gasteiger partial charge in [0.1, 0.15) is 5.82 Å². The molecule has 20 heavy (non-hydrogen) atoms. The van der Waals surface area contributed by atoms with Crippen molar-refractivity contribution < 1.29 is 4.39 Å². The number of halogens is 1. The third kappa shape index (κ3) is 4.09. The first-order valence-electron chi connectivity index (χ1n) is 6.88. The van der Waals surface area contributed by atoms with Crippen LogP contribution in [0.4, 0.5) is 4.39 Å². The molecule has 0 aliphatic heterocycles. The SMILES string of the molecule is CCNC(CSc1ccccc1)c1ccc(F)c(C)c1. The van der Waals surface area contributed by atoms with E-state index < -0.39 is 0 Å². The summed E-state index contributed by atoms with van der Waals surface area (Å²) in [6, 6.07) is 16.0. The van der Waals surface area contributed by atoms with E-state index in [1.165, 1.54) is 4.90 Å². The molecule has 3 heteroatoms. The molecule has 2 rings (SSSR count). The van der Waals surface area contributed by atoms with Crippen LogP contribution >= 0.6 is 11.8 Å². The lowest BCUT2D eigenvalue weighted by atomic mass is 10.1. The zero-order valence-electron chi connectivity index (χ0n) is 11.9. The van der Waals surface area contributed by atoms with Gasteiger partial charge in [0.25, 0.3) is 0 Å². The van der Waals surface area contributed by atoms with Crippen LogP contribution < -0.4 is 5.32 Å². The Kier molecular flexibility index (Phi) is 5.62. The van der Waals surface area contributed by atoms with Gasteiger partial charge in [-0.05, 0) is 42.8 Å². The standard InChI is InChI=1S/C17H20FNS/c1-3-19-17(12-20-15-7-5-4-6-8-15)14-9-10-16(18)13(2)11-14/h4-11,17,19H,3,12H2,1-2H3. The summed E-state index contributed by atoms with van der Waals surface area (Å²) in [6.07, 6.45) is 0. The summed E-state index contributed by atoms with van der Waals surface area (Å²) in [4.78, 5) is 1.26. The van der Waals surface area contributed by atoms with Crippen molar-refractivity contribution in [2.45, 2.75) is 24.8 Å². The van der Waals surface area contributed by atoms with Crippen molar-refractivity contribution in [2.75, 3.05) is 12.3 Å². The van der Waals surface area contributed by atoms with E-state index >= 15 is 0 Å². The molecule has 2 aromatic carbocycles. The van der Waals surface area contributed by atoms with Crippen LogP contribution in [0.5, 0.6) is 0 Å². The van der Waals surface area contributed by atoms with E-state index in [1.54, 1.807) is 6.07 Å². The van der Waals surface area contributed by atoms with Crippen LogP contribution in [0.25, 0.3) is 0 Å². The summed E-state index contributed by atoms with van der Waals surface area (Å²) in [7, 11) is 0. The Morgan fingerprint density at radius 3 is 2.55 bits per heavy atom. The fraction of sp³-hybridized carbons (Fsp3) is 0.294. The van der Waals surface area contributed by atoms with Gasteiger partial charge in [-0.25, -0.2) is 4.39 Å². The minimum Gasteiger partial charge on any atom is -0.309 e. The molecule has 0 aliphatic rings. The maximum atomic E-state index is 13.4. The van der Waals surface area contributed by atoms with Gasteiger partial charge in [-0.2, -0.15) is 0 Å². The second-order valence-corrected chi connectivity index (χ2v) is 5.84. The average molecular weight is 289 g/mol. The monoisotopic (exact) mass is 289 g/mol. The smallest absolute Gasteiger partial charge is 0.126 e. The molecule has 0 fully saturated rings.